The van der Waals surface area contributed by atoms with Gasteiger partial charge in [0.15, 0.2) is 0 Å². The van der Waals surface area contributed by atoms with E-state index in [1.165, 1.54) is 12.0 Å². The van der Waals surface area contributed by atoms with Crippen molar-refractivity contribution >= 4 is 18.0 Å². The molecule has 0 spiro atoms. The second-order valence-corrected chi connectivity index (χ2v) is 4.37. The largest absolute Gasteiger partial charge is 0.481 e. The normalized spacial score (nSPS) is 19.3. The van der Waals surface area contributed by atoms with Gasteiger partial charge in [0.05, 0.1) is 12.5 Å². The minimum absolute atomic E-state index is 0.122. The molecule has 0 saturated carbocycles. The molecule has 1 fully saturated rings. The zero-order chi connectivity index (χ0) is 11.1. The van der Waals surface area contributed by atoms with Crippen LogP contribution in [0.1, 0.15) is 19.3 Å². The minimum atomic E-state index is -0.639. The van der Waals surface area contributed by atoms with Gasteiger partial charge in [-0.2, -0.15) is 0 Å². The fraction of sp³-hybridized carbons (Fsp3) is 0.900. The molecule has 1 aliphatic rings. The van der Waals surface area contributed by atoms with E-state index in [4.69, 9.17) is 9.29 Å². The molecule has 0 atom stereocenters. The summed E-state index contributed by atoms with van der Waals surface area (Å²) in [6.45, 7) is 3.62. The maximum atomic E-state index is 10.7. The number of likely N-dealkylation sites (tertiary alicyclic amines) is 1. The van der Waals surface area contributed by atoms with Crippen LogP contribution in [0, 0.1) is 5.92 Å². The van der Waals surface area contributed by atoms with Gasteiger partial charge in [0.2, 0.25) is 0 Å². The Bertz CT molecular complexity index is 193. The summed E-state index contributed by atoms with van der Waals surface area (Å²) in [5.41, 5.74) is 0. The third kappa shape index (κ3) is 4.86. The highest BCUT2D eigenvalue weighted by molar-refractivity contribution is 7.93. The van der Waals surface area contributed by atoms with Crippen LogP contribution in [0.4, 0.5) is 0 Å². The van der Waals surface area contributed by atoms with Crippen molar-refractivity contribution in [2.75, 3.05) is 32.5 Å². The van der Waals surface area contributed by atoms with Gasteiger partial charge in [-0.05, 0) is 44.4 Å². The Morgan fingerprint density at radius 3 is 2.73 bits per heavy atom. The molecule has 0 radical (unpaired) electrons. The number of carboxylic acids is 1. The molecule has 0 aromatic carbocycles. The number of carbonyl (C=O) groups is 1. The summed E-state index contributed by atoms with van der Waals surface area (Å²) in [6.07, 6.45) is 4.52. The summed E-state index contributed by atoms with van der Waals surface area (Å²) in [5.74, 6) is -0.760. The summed E-state index contributed by atoms with van der Waals surface area (Å²) in [7, 11) is 0. The van der Waals surface area contributed by atoms with Gasteiger partial charge in [0.25, 0.3) is 0 Å². The Hall–Kier alpha value is -0.260. The number of rotatable bonds is 6. The fourth-order valence-electron chi connectivity index (χ4n) is 1.83. The molecule has 4 nitrogen and oxygen atoms in total. The Kier molecular flexibility index (Phi) is 6.05. The van der Waals surface area contributed by atoms with E-state index in [1.807, 2.05) is 6.26 Å². The van der Waals surface area contributed by atoms with Crippen LogP contribution in [0.2, 0.25) is 0 Å². The molecule has 1 rings (SSSR count). The van der Waals surface area contributed by atoms with E-state index < -0.39 is 5.97 Å². The molecular formula is C10H19NO3S. The van der Waals surface area contributed by atoms with Crippen LogP contribution in [0.25, 0.3) is 0 Å². The summed E-state index contributed by atoms with van der Waals surface area (Å²) in [6, 6.07) is 0. The highest BCUT2D eigenvalue weighted by Gasteiger charge is 2.23. The summed E-state index contributed by atoms with van der Waals surface area (Å²) in [4.78, 5) is 13.0. The van der Waals surface area contributed by atoms with Crippen molar-refractivity contribution < 1.29 is 14.1 Å². The minimum Gasteiger partial charge on any atom is -0.481 e. The Labute approximate surface area is 95.2 Å². The maximum absolute atomic E-state index is 10.7. The predicted molar refractivity (Wildman–Crippen MR) is 60.9 cm³/mol. The number of carboxylic acid groups (broad SMARTS) is 1. The van der Waals surface area contributed by atoms with Gasteiger partial charge in [-0.15, -0.1) is 0 Å². The van der Waals surface area contributed by atoms with E-state index >= 15 is 0 Å². The molecule has 1 N–H and O–H groups in total. The lowest BCUT2D eigenvalue weighted by Gasteiger charge is -2.29. The number of nitrogens with zero attached hydrogens (tertiary/aromatic N) is 1. The molecule has 88 valence electrons. The lowest BCUT2D eigenvalue weighted by atomic mass is 9.97. The van der Waals surface area contributed by atoms with Crippen molar-refractivity contribution in [2.45, 2.75) is 19.3 Å². The van der Waals surface area contributed by atoms with E-state index in [2.05, 4.69) is 4.90 Å². The van der Waals surface area contributed by atoms with Gasteiger partial charge in [0.1, 0.15) is 0 Å². The van der Waals surface area contributed by atoms with Crippen LogP contribution < -0.4 is 0 Å². The highest BCUT2D eigenvalue weighted by atomic mass is 32.2. The first-order valence-electron chi connectivity index (χ1n) is 5.35. The van der Waals surface area contributed by atoms with Crippen molar-refractivity contribution in [2.24, 2.45) is 5.92 Å². The maximum Gasteiger partial charge on any atom is 0.306 e. The molecule has 0 aromatic rings. The van der Waals surface area contributed by atoms with Gasteiger partial charge >= 0.3 is 5.97 Å². The molecule has 0 unspecified atom stereocenters. The number of aliphatic carboxylic acids is 1. The lowest BCUT2D eigenvalue weighted by molar-refractivity contribution is -0.143. The van der Waals surface area contributed by atoms with E-state index in [9.17, 15) is 4.79 Å². The van der Waals surface area contributed by atoms with E-state index in [0.717, 1.165) is 45.5 Å². The van der Waals surface area contributed by atoms with Crippen LogP contribution in [0.3, 0.4) is 0 Å². The Morgan fingerprint density at radius 1 is 1.53 bits per heavy atom. The number of hydrogen-bond acceptors (Lipinski definition) is 4. The van der Waals surface area contributed by atoms with Crippen LogP contribution in [-0.4, -0.2) is 48.5 Å². The summed E-state index contributed by atoms with van der Waals surface area (Å²) >= 11 is 1.40. The highest BCUT2D eigenvalue weighted by Crippen LogP contribution is 2.17. The summed E-state index contributed by atoms with van der Waals surface area (Å²) in [5, 5.41) is 8.83. The van der Waals surface area contributed by atoms with Gasteiger partial charge in [0, 0.05) is 12.8 Å². The number of hydrogen-bond donors (Lipinski definition) is 1. The van der Waals surface area contributed by atoms with Gasteiger partial charge in [-0.25, -0.2) is 0 Å². The zero-order valence-electron chi connectivity index (χ0n) is 9.15. The van der Waals surface area contributed by atoms with Crippen molar-refractivity contribution in [3.8, 4) is 0 Å². The Balaban J connectivity index is 2.07. The van der Waals surface area contributed by atoms with E-state index in [1.54, 1.807) is 0 Å². The van der Waals surface area contributed by atoms with Crippen LogP contribution in [0.15, 0.2) is 0 Å². The Morgan fingerprint density at radius 2 is 2.20 bits per heavy atom. The second kappa shape index (κ2) is 7.09. The molecule has 1 heterocycles. The van der Waals surface area contributed by atoms with Crippen LogP contribution in [-0.2, 0) is 8.98 Å². The first-order chi connectivity index (χ1) is 7.24. The average molecular weight is 233 g/mol. The van der Waals surface area contributed by atoms with Crippen molar-refractivity contribution in [1.82, 2.24) is 4.90 Å². The quantitative estimate of drug-likeness (QED) is 0.556. The molecule has 0 amide bonds. The molecule has 1 saturated heterocycles. The van der Waals surface area contributed by atoms with Crippen molar-refractivity contribution in [3.63, 3.8) is 0 Å². The molecular weight excluding hydrogens is 214 g/mol. The van der Waals surface area contributed by atoms with Crippen LogP contribution in [0.5, 0.6) is 0 Å². The zero-order valence-corrected chi connectivity index (χ0v) is 9.96. The first kappa shape index (κ1) is 12.8. The second-order valence-electron chi connectivity index (χ2n) is 3.80. The molecule has 15 heavy (non-hydrogen) atoms. The fourth-order valence-corrected chi connectivity index (χ4v) is 2.12. The van der Waals surface area contributed by atoms with Crippen molar-refractivity contribution in [3.05, 3.63) is 0 Å². The first-order valence-corrected chi connectivity index (χ1v) is 6.50. The molecule has 1 aliphatic heterocycles. The molecule has 5 heteroatoms. The van der Waals surface area contributed by atoms with Crippen molar-refractivity contribution in [1.29, 1.82) is 0 Å². The third-order valence-corrected chi connectivity index (χ3v) is 3.16. The van der Waals surface area contributed by atoms with Gasteiger partial charge in [-0.1, -0.05) is 0 Å². The predicted octanol–water partition coefficient (Wildman–Crippen LogP) is 1.47. The smallest absolute Gasteiger partial charge is 0.306 e. The van der Waals surface area contributed by atoms with Crippen LogP contribution >= 0.6 is 12.0 Å². The van der Waals surface area contributed by atoms with Gasteiger partial charge in [-0.3, -0.25) is 4.79 Å². The standard InChI is InChI=1S/C10H19NO3S/c1-15-14-8-2-5-11-6-3-9(4-7-11)10(12)13/h9H,2-8H2,1H3,(H,12,13). The number of piperidine rings is 1. The third-order valence-electron chi connectivity index (χ3n) is 2.76. The summed E-state index contributed by atoms with van der Waals surface area (Å²) < 4.78 is 5.18. The lowest BCUT2D eigenvalue weighted by Crippen LogP contribution is -2.37. The molecule has 0 bridgehead atoms. The van der Waals surface area contributed by atoms with E-state index in [0.29, 0.717) is 0 Å². The monoisotopic (exact) mass is 233 g/mol. The molecule has 0 aromatic heterocycles. The average Bonchev–Trinajstić information content (AvgIpc) is 2.25. The molecule has 0 aliphatic carbocycles. The SMILES string of the molecule is CSOCCCN1CCC(C(=O)O)CC1. The van der Waals surface area contributed by atoms with E-state index in [-0.39, 0.29) is 5.92 Å². The topological polar surface area (TPSA) is 49.8 Å². The van der Waals surface area contributed by atoms with Gasteiger partial charge < -0.3 is 14.2 Å².